The molecule has 1 heterocycles. The van der Waals surface area contributed by atoms with Crippen LogP contribution in [0.5, 0.6) is 11.5 Å². The SMILES string of the molecule is CCCn1nc(C(=O)N/N=C/c2ccc(OCC#N)c(OC)c2)c2ccccc2c1=O. The lowest BCUT2D eigenvalue weighted by Gasteiger charge is -2.09. The number of aromatic nitrogens is 2. The fraction of sp³-hybridized carbons (Fsp3) is 0.227. The van der Waals surface area contributed by atoms with Gasteiger partial charge < -0.3 is 9.47 Å². The third kappa shape index (κ3) is 4.87. The monoisotopic (exact) mass is 419 g/mol. The second-order valence-corrected chi connectivity index (χ2v) is 6.48. The van der Waals surface area contributed by atoms with E-state index in [9.17, 15) is 9.59 Å². The molecule has 3 rings (SSSR count). The van der Waals surface area contributed by atoms with E-state index in [0.29, 0.717) is 40.8 Å². The van der Waals surface area contributed by atoms with E-state index in [1.165, 1.54) is 18.0 Å². The van der Waals surface area contributed by atoms with Gasteiger partial charge in [-0.15, -0.1) is 0 Å². The maximum atomic E-state index is 12.7. The maximum absolute atomic E-state index is 12.7. The lowest BCUT2D eigenvalue weighted by atomic mass is 10.1. The highest BCUT2D eigenvalue weighted by Crippen LogP contribution is 2.27. The molecular formula is C22H21N5O4. The summed E-state index contributed by atoms with van der Waals surface area (Å²) in [5.41, 5.74) is 2.99. The summed E-state index contributed by atoms with van der Waals surface area (Å²) in [7, 11) is 1.49. The second kappa shape index (κ2) is 10.0. The summed E-state index contributed by atoms with van der Waals surface area (Å²) >= 11 is 0. The Morgan fingerprint density at radius 3 is 2.74 bits per heavy atom. The first-order chi connectivity index (χ1) is 15.1. The van der Waals surface area contributed by atoms with Crippen molar-refractivity contribution in [1.82, 2.24) is 15.2 Å². The lowest BCUT2D eigenvalue weighted by Crippen LogP contribution is -2.29. The Bertz CT molecular complexity index is 1230. The van der Waals surface area contributed by atoms with Crippen molar-refractivity contribution < 1.29 is 14.3 Å². The number of methoxy groups -OCH3 is 1. The van der Waals surface area contributed by atoms with Crippen molar-refractivity contribution in [2.75, 3.05) is 13.7 Å². The highest BCUT2D eigenvalue weighted by Gasteiger charge is 2.16. The molecule has 0 saturated carbocycles. The summed E-state index contributed by atoms with van der Waals surface area (Å²) in [5.74, 6) is 0.335. The number of nitrogens with one attached hydrogen (secondary N) is 1. The van der Waals surface area contributed by atoms with Gasteiger partial charge in [0, 0.05) is 11.9 Å². The average molecular weight is 419 g/mol. The molecule has 2 aromatic carbocycles. The highest BCUT2D eigenvalue weighted by atomic mass is 16.5. The van der Waals surface area contributed by atoms with Crippen LogP contribution in [0.25, 0.3) is 10.8 Å². The number of carbonyl (C=O) groups excluding carboxylic acids is 1. The molecule has 1 N–H and O–H groups in total. The molecule has 9 nitrogen and oxygen atoms in total. The van der Waals surface area contributed by atoms with Crippen LogP contribution in [-0.2, 0) is 6.54 Å². The Morgan fingerprint density at radius 2 is 2.03 bits per heavy atom. The Kier molecular flexibility index (Phi) is 6.96. The fourth-order valence-corrected chi connectivity index (χ4v) is 2.98. The lowest BCUT2D eigenvalue weighted by molar-refractivity contribution is 0.0949. The van der Waals surface area contributed by atoms with Gasteiger partial charge in [-0.1, -0.05) is 25.1 Å². The van der Waals surface area contributed by atoms with Crippen LogP contribution in [0.15, 0.2) is 52.4 Å². The molecule has 1 aromatic heterocycles. The number of nitriles is 1. The normalized spacial score (nSPS) is 10.7. The molecule has 0 spiro atoms. The van der Waals surface area contributed by atoms with E-state index < -0.39 is 5.91 Å². The van der Waals surface area contributed by atoms with Gasteiger partial charge in [0.15, 0.2) is 23.8 Å². The zero-order valence-electron chi connectivity index (χ0n) is 17.2. The summed E-state index contributed by atoms with van der Waals surface area (Å²) in [4.78, 5) is 25.3. The van der Waals surface area contributed by atoms with Crippen molar-refractivity contribution >= 4 is 22.9 Å². The fourth-order valence-electron chi connectivity index (χ4n) is 2.98. The van der Waals surface area contributed by atoms with E-state index in [1.54, 1.807) is 42.5 Å². The molecule has 0 atom stereocenters. The molecule has 0 bridgehead atoms. The van der Waals surface area contributed by atoms with Crippen LogP contribution in [0.4, 0.5) is 0 Å². The van der Waals surface area contributed by atoms with Gasteiger partial charge in [-0.25, -0.2) is 10.1 Å². The van der Waals surface area contributed by atoms with Crippen LogP contribution in [0.1, 0.15) is 29.4 Å². The van der Waals surface area contributed by atoms with Crippen LogP contribution in [0.2, 0.25) is 0 Å². The molecule has 1 amide bonds. The van der Waals surface area contributed by atoms with Gasteiger partial charge in [0.2, 0.25) is 0 Å². The minimum Gasteiger partial charge on any atom is -0.493 e. The van der Waals surface area contributed by atoms with Gasteiger partial charge in [0.25, 0.3) is 11.5 Å². The molecule has 3 aromatic rings. The summed E-state index contributed by atoms with van der Waals surface area (Å²) in [6.07, 6.45) is 2.15. The van der Waals surface area contributed by atoms with Gasteiger partial charge in [0.05, 0.1) is 18.7 Å². The molecular weight excluding hydrogens is 398 g/mol. The number of carbonyl (C=O) groups is 1. The molecule has 0 aliphatic heterocycles. The first kappa shape index (κ1) is 21.5. The average Bonchev–Trinajstić information content (AvgIpc) is 2.80. The Morgan fingerprint density at radius 1 is 1.26 bits per heavy atom. The smallest absolute Gasteiger partial charge is 0.292 e. The number of hydrogen-bond donors (Lipinski definition) is 1. The molecule has 31 heavy (non-hydrogen) atoms. The summed E-state index contributed by atoms with van der Waals surface area (Å²) < 4.78 is 11.8. The van der Waals surface area contributed by atoms with Gasteiger partial charge in [-0.3, -0.25) is 9.59 Å². The third-order valence-corrected chi connectivity index (χ3v) is 4.38. The van der Waals surface area contributed by atoms with E-state index in [-0.39, 0.29) is 17.9 Å². The summed E-state index contributed by atoms with van der Waals surface area (Å²) in [6, 6.07) is 13.8. The van der Waals surface area contributed by atoms with Crippen molar-refractivity contribution in [3.8, 4) is 17.6 Å². The number of amides is 1. The van der Waals surface area contributed by atoms with Crippen LogP contribution >= 0.6 is 0 Å². The van der Waals surface area contributed by atoms with Gasteiger partial charge in [-0.05, 0) is 36.2 Å². The van der Waals surface area contributed by atoms with Crippen molar-refractivity contribution in [3.05, 3.63) is 64.1 Å². The van der Waals surface area contributed by atoms with Gasteiger partial charge >= 0.3 is 0 Å². The largest absolute Gasteiger partial charge is 0.493 e. The van der Waals surface area contributed by atoms with Crippen LogP contribution < -0.4 is 20.5 Å². The van der Waals surface area contributed by atoms with E-state index in [2.05, 4.69) is 15.6 Å². The number of rotatable bonds is 8. The number of benzene rings is 2. The minimum absolute atomic E-state index is 0.0962. The van der Waals surface area contributed by atoms with E-state index in [1.807, 2.05) is 13.0 Å². The van der Waals surface area contributed by atoms with E-state index in [0.717, 1.165) is 0 Å². The van der Waals surface area contributed by atoms with Crippen LogP contribution in [0.3, 0.4) is 0 Å². The van der Waals surface area contributed by atoms with Crippen LogP contribution in [0, 0.1) is 11.3 Å². The van der Waals surface area contributed by atoms with Crippen molar-refractivity contribution in [1.29, 1.82) is 5.26 Å². The van der Waals surface area contributed by atoms with Gasteiger partial charge in [0.1, 0.15) is 6.07 Å². The number of ether oxygens (including phenoxy) is 2. The van der Waals surface area contributed by atoms with Gasteiger partial charge in [-0.2, -0.15) is 15.5 Å². The third-order valence-electron chi connectivity index (χ3n) is 4.38. The van der Waals surface area contributed by atoms with E-state index in [4.69, 9.17) is 14.7 Å². The molecule has 0 saturated heterocycles. The Labute approximate surface area is 178 Å². The number of aryl methyl sites for hydroxylation is 1. The first-order valence-corrected chi connectivity index (χ1v) is 9.60. The zero-order valence-corrected chi connectivity index (χ0v) is 17.2. The molecule has 0 unspecified atom stereocenters. The maximum Gasteiger partial charge on any atom is 0.292 e. The van der Waals surface area contributed by atoms with Crippen molar-refractivity contribution in [3.63, 3.8) is 0 Å². The van der Waals surface area contributed by atoms with Crippen molar-refractivity contribution in [2.45, 2.75) is 19.9 Å². The molecule has 0 aliphatic rings. The Balaban J connectivity index is 1.83. The second-order valence-electron chi connectivity index (χ2n) is 6.48. The summed E-state index contributed by atoms with van der Waals surface area (Å²) in [5, 5.41) is 17.8. The quantitative estimate of drug-likeness (QED) is 0.443. The summed E-state index contributed by atoms with van der Waals surface area (Å²) in [6.45, 7) is 2.24. The molecule has 0 radical (unpaired) electrons. The predicted molar refractivity (Wildman–Crippen MR) is 115 cm³/mol. The molecule has 0 aliphatic carbocycles. The minimum atomic E-state index is -0.529. The molecule has 0 fully saturated rings. The number of fused-ring (bicyclic) bond motifs is 1. The number of hydrazone groups is 1. The molecule has 158 valence electrons. The number of hydrogen-bond acceptors (Lipinski definition) is 7. The van der Waals surface area contributed by atoms with E-state index >= 15 is 0 Å². The highest BCUT2D eigenvalue weighted by molar-refractivity contribution is 6.05. The topological polar surface area (TPSA) is 119 Å². The first-order valence-electron chi connectivity index (χ1n) is 9.60. The van der Waals surface area contributed by atoms with Crippen molar-refractivity contribution in [2.24, 2.45) is 5.10 Å². The number of nitrogens with zero attached hydrogens (tertiary/aromatic N) is 4. The zero-order chi connectivity index (χ0) is 22.2. The van der Waals surface area contributed by atoms with Crippen LogP contribution in [-0.4, -0.2) is 35.6 Å². The predicted octanol–water partition coefficient (Wildman–Crippen LogP) is 2.48. The molecule has 9 heteroatoms. The standard InChI is InChI=1S/C22H21N5O4/c1-3-11-27-22(29)17-7-5-4-6-16(17)20(26-27)21(28)25-24-14-15-8-9-18(31-12-10-23)19(13-15)30-2/h4-9,13-14H,3,11-12H2,1-2H3,(H,25,28)/b24-14+. The Hall–Kier alpha value is -4.19.